The van der Waals surface area contributed by atoms with Crippen LogP contribution in [0.4, 0.5) is 0 Å². The molecule has 0 aliphatic heterocycles. The van der Waals surface area contributed by atoms with Gasteiger partial charge >= 0.3 is 0 Å². The van der Waals surface area contributed by atoms with Crippen LogP contribution in [0.25, 0.3) is 0 Å². The fourth-order valence-electron chi connectivity index (χ4n) is 2.18. The molecule has 118 valence electrons. The van der Waals surface area contributed by atoms with Gasteiger partial charge in [0.25, 0.3) is 0 Å². The second-order valence-electron chi connectivity index (χ2n) is 5.10. The largest absolute Gasteiger partial charge is 0.493 e. The van der Waals surface area contributed by atoms with Crippen LogP contribution in [-0.2, 0) is 11.2 Å². The molecule has 0 atom stereocenters. The number of hydrogen-bond acceptors (Lipinski definition) is 3. The van der Waals surface area contributed by atoms with Crippen molar-refractivity contribution in [3.05, 3.63) is 23.8 Å². The number of aryl methyl sites for hydroxylation is 1. The van der Waals surface area contributed by atoms with Gasteiger partial charge in [-0.3, -0.25) is 4.79 Å². The van der Waals surface area contributed by atoms with Gasteiger partial charge in [0.05, 0.1) is 14.2 Å². The lowest BCUT2D eigenvalue weighted by atomic mass is 10.1. The zero-order valence-electron chi connectivity index (χ0n) is 13.4. The molecule has 0 spiro atoms. The third-order valence-electron chi connectivity index (χ3n) is 3.42. The van der Waals surface area contributed by atoms with Gasteiger partial charge < -0.3 is 14.8 Å². The second kappa shape index (κ2) is 10.1. The summed E-state index contributed by atoms with van der Waals surface area (Å²) in [6, 6.07) is 5.89. The Kier molecular flexibility index (Phi) is 8.32. The average Bonchev–Trinajstić information content (AvgIpc) is 2.51. The highest BCUT2D eigenvalue weighted by Crippen LogP contribution is 2.28. The molecule has 0 heterocycles. The molecule has 1 N–H and O–H groups in total. The number of amides is 1. The van der Waals surface area contributed by atoms with Crippen LogP contribution in [0.3, 0.4) is 0 Å². The van der Waals surface area contributed by atoms with Crippen LogP contribution in [0, 0.1) is 0 Å². The molecule has 21 heavy (non-hydrogen) atoms. The van der Waals surface area contributed by atoms with Crippen LogP contribution in [0.5, 0.6) is 11.5 Å². The topological polar surface area (TPSA) is 47.6 Å². The smallest absolute Gasteiger partial charge is 0.220 e. The summed E-state index contributed by atoms with van der Waals surface area (Å²) in [6.07, 6.45) is 5.69. The van der Waals surface area contributed by atoms with E-state index >= 15 is 0 Å². The van der Waals surface area contributed by atoms with Gasteiger partial charge in [0.15, 0.2) is 11.5 Å². The number of ether oxygens (including phenoxy) is 2. The number of unbranched alkanes of at least 4 members (excludes halogenated alkanes) is 2. The lowest BCUT2D eigenvalue weighted by molar-refractivity contribution is -0.121. The van der Waals surface area contributed by atoms with E-state index in [0.29, 0.717) is 6.42 Å². The highest BCUT2D eigenvalue weighted by atomic mass is 16.5. The fourth-order valence-corrected chi connectivity index (χ4v) is 2.18. The van der Waals surface area contributed by atoms with Gasteiger partial charge in [-0.1, -0.05) is 25.8 Å². The van der Waals surface area contributed by atoms with E-state index in [9.17, 15) is 4.79 Å². The summed E-state index contributed by atoms with van der Waals surface area (Å²) in [5.41, 5.74) is 1.16. The van der Waals surface area contributed by atoms with Gasteiger partial charge in [-0.2, -0.15) is 0 Å². The highest BCUT2D eigenvalue weighted by Gasteiger charge is 2.05. The third-order valence-corrected chi connectivity index (χ3v) is 3.42. The molecule has 0 aromatic heterocycles. The summed E-state index contributed by atoms with van der Waals surface area (Å²) < 4.78 is 10.5. The van der Waals surface area contributed by atoms with Crippen molar-refractivity contribution < 1.29 is 14.3 Å². The SMILES string of the molecule is CCCCCNC(=O)CCCc1ccc(OC)c(OC)c1. The standard InChI is InChI=1S/C17H27NO3/c1-4-5-6-12-18-17(19)9-7-8-14-10-11-15(20-2)16(13-14)21-3/h10-11,13H,4-9,12H2,1-3H3,(H,18,19). The minimum Gasteiger partial charge on any atom is -0.493 e. The summed E-state index contributed by atoms with van der Waals surface area (Å²) in [6.45, 7) is 2.95. The van der Waals surface area contributed by atoms with Gasteiger partial charge in [0, 0.05) is 13.0 Å². The number of nitrogens with one attached hydrogen (secondary N) is 1. The normalized spacial score (nSPS) is 10.2. The van der Waals surface area contributed by atoms with Gasteiger partial charge in [0.1, 0.15) is 0 Å². The summed E-state index contributed by atoms with van der Waals surface area (Å²) in [5.74, 6) is 1.61. The molecule has 0 unspecified atom stereocenters. The van der Waals surface area contributed by atoms with E-state index < -0.39 is 0 Å². The minimum atomic E-state index is 0.145. The second-order valence-corrected chi connectivity index (χ2v) is 5.10. The first-order chi connectivity index (χ1) is 10.2. The van der Waals surface area contributed by atoms with Crippen molar-refractivity contribution in [3.8, 4) is 11.5 Å². The summed E-state index contributed by atoms with van der Waals surface area (Å²) in [4.78, 5) is 11.7. The van der Waals surface area contributed by atoms with Crippen LogP contribution in [0.1, 0.15) is 44.6 Å². The van der Waals surface area contributed by atoms with Crippen LogP contribution in [0.2, 0.25) is 0 Å². The highest BCUT2D eigenvalue weighted by molar-refractivity contribution is 5.75. The average molecular weight is 293 g/mol. The Bertz CT molecular complexity index is 432. The number of methoxy groups -OCH3 is 2. The lowest BCUT2D eigenvalue weighted by Crippen LogP contribution is -2.24. The first kappa shape index (κ1) is 17.3. The molecular formula is C17H27NO3. The molecule has 0 bridgehead atoms. The predicted molar refractivity (Wildman–Crippen MR) is 85.0 cm³/mol. The molecule has 4 heteroatoms. The van der Waals surface area contributed by atoms with Crippen molar-refractivity contribution >= 4 is 5.91 Å². The Morgan fingerprint density at radius 3 is 2.52 bits per heavy atom. The van der Waals surface area contributed by atoms with E-state index in [-0.39, 0.29) is 5.91 Å². The first-order valence-electron chi connectivity index (χ1n) is 7.68. The molecule has 0 aliphatic carbocycles. The van der Waals surface area contributed by atoms with Gasteiger partial charge in [0.2, 0.25) is 5.91 Å². The molecular weight excluding hydrogens is 266 g/mol. The lowest BCUT2D eigenvalue weighted by Gasteiger charge is -2.09. The monoisotopic (exact) mass is 293 g/mol. The number of rotatable bonds is 10. The summed E-state index contributed by atoms with van der Waals surface area (Å²) in [7, 11) is 3.26. The Labute approximate surface area is 127 Å². The maximum absolute atomic E-state index is 11.7. The van der Waals surface area contributed by atoms with Crippen molar-refractivity contribution in [3.63, 3.8) is 0 Å². The molecule has 0 saturated heterocycles. The number of hydrogen-bond donors (Lipinski definition) is 1. The van der Waals surface area contributed by atoms with Crippen molar-refractivity contribution in [2.24, 2.45) is 0 Å². The van der Waals surface area contributed by atoms with Crippen molar-refractivity contribution in [1.29, 1.82) is 0 Å². The van der Waals surface area contributed by atoms with Crippen LogP contribution in [-0.4, -0.2) is 26.7 Å². The Morgan fingerprint density at radius 2 is 1.86 bits per heavy atom. The molecule has 1 amide bonds. The molecule has 1 rings (SSSR count). The van der Waals surface area contributed by atoms with Gasteiger partial charge in [-0.05, 0) is 37.0 Å². The molecule has 4 nitrogen and oxygen atoms in total. The van der Waals surface area contributed by atoms with Crippen molar-refractivity contribution in [2.45, 2.75) is 45.4 Å². The van der Waals surface area contributed by atoms with E-state index in [4.69, 9.17) is 9.47 Å². The maximum atomic E-state index is 11.7. The fraction of sp³-hybridized carbons (Fsp3) is 0.588. The Morgan fingerprint density at radius 1 is 1.10 bits per heavy atom. The van der Waals surface area contributed by atoms with Crippen LogP contribution >= 0.6 is 0 Å². The van der Waals surface area contributed by atoms with Crippen LogP contribution < -0.4 is 14.8 Å². The van der Waals surface area contributed by atoms with E-state index in [0.717, 1.165) is 42.9 Å². The van der Waals surface area contributed by atoms with E-state index in [1.165, 1.54) is 12.8 Å². The predicted octanol–water partition coefficient (Wildman–Crippen LogP) is 3.33. The first-order valence-corrected chi connectivity index (χ1v) is 7.68. The van der Waals surface area contributed by atoms with Gasteiger partial charge in [-0.15, -0.1) is 0 Å². The molecule has 0 saturated carbocycles. The van der Waals surface area contributed by atoms with Gasteiger partial charge in [-0.25, -0.2) is 0 Å². The zero-order valence-corrected chi connectivity index (χ0v) is 13.4. The number of carbonyl (C=O) groups excluding carboxylic acids is 1. The van der Waals surface area contributed by atoms with E-state index in [2.05, 4.69) is 12.2 Å². The quantitative estimate of drug-likeness (QED) is 0.673. The van der Waals surface area contributed by atoms with Crippen molar-refractivity contribution in [2.75, 3.05) is 20.8 Å². The van der Waals surface area contributed by atoms with Crippen molar-refractivity contribution in [1.82, 2.24) is 5.32 Å². The van der Waals surface area contributed by atoms with E-state index in [1.54, 1.807) is 14.2 Å². The molecule has 1 aromatic rings. The zero-order chi connectivity index (χ0) is 15.5. The maximum Gasteiger partial charge on any atom is 0.220 e. The Balaban J connectivity index is 2.30. The minimum absolute atomic E-state index is 0.145. The van der Waals surface area contributed by atoms with E-state index in [1.807, 2.05) is 18.2 Å². The summed E-state index contributed by atoms with van der Waals surface area (Å²) in [5, 5.41) is 2.96. The third kappa shape index (κ3) is 6.52. The molecule has 1 aromatic carbocycles. The van der Waals surface area contributed by atoms with Crippen LogP contribution in [0.15, 0.2) is 18.2 Å². The molecule has 0 fully saturated rings. The number of benzene rings is 1. The summed E-state index contributed by atoms with van der Waals surface area (Å²) >= 11 is 0. The number of carbonyl (C=O) groups is 1. The molecule has 0 aliphatic rings. The Hall–Kier alpha value is -1.71. The molecule has 0 radical (unpaired) electrons.